The predicted octanol–water partition coefficient (Wildman–Crippen LogP) is 1.39. The van der Waals surface area contributed by atoms with Crippen molar-refractivity contribution in [2.24, 2.45) is 0 Å². The molecule has 1 fully saturated rings. The minimum Gasteiger partial charge on any atom is -0.470 e. The number of fused-ring (bicyclic) bond motifs is 1. The fraction of sp³-hybridized carbons (Fsp3) is 0.545. The van der Waals surface area contributed by atoms with Gasteiger partial charge in [0, 0.05) is 32.1 Å². The summed E-state index contributed by atoms with van der Waals surface area (Å²) in [6, 6.07) is 3.92. The third kappa shape index (κ3) is 1.35. The first-order valence-electron chi connectivity index (χ1n) is 5.51. The average Bonchev–Trinajstić information content (AvgIpc) is 2.77. The topological polar surface area (TPSA) is 54.7 Å². The van der Waals surface area contributed by atoms with Gasteiger partial charge in [0.15, 0.2) is 5.88 Å². The molecule has 1 amide bonds. The van der Waals surface area contributed by atoms with E-state index in [1.165, 1.54) is 4.90 Å². The van der Waals surface area contributed by atoms with E-state index in [0.29, 0.717) is 13.1 Å². The van der Waals surface area contributed by atoms with Gasteiger partial charge in [-0.05, 0) is 12.1 Å². The Morgan fingerprint density at radius 1 is 1.44 bits per heavy atom. The Balaban J connectivity index is 1.71. The molecule has 0 saturated carbocycles. The molecule has 1 aromatic heterocycles. The van der Waals surface area contributed by atoms with E-state index in [1.807, 2.05) is 18.3 Å². The molecule has 5 nitrogen and oxygen atoms in total. The molecular formula is C11H14N2O3. The van der Waals surface area contributed by atoms with E-state index in [4.69, 9.17) is 9.84 Å². The average molecular weight is 222 g/mol. The van der Waals surface area contributed by atoms with Crippen molar-refractivity contribution in [2.75, 3.05) is 13.1 Å². The second kappa shape index (κ2) is 3.17. The van der Waals surface area contributed by atoms with Crippen molar-refractivity contribution >= 4 is 6.09 Å². The maximum Gasteiger partial charge on any atom is 0.407 e. The van der Waals surface area contributed by atoms with Gasteiger partial charge in [-0.1, -0.05) is 0 Å². The van der Waals surface area contributed by atoms with Crippen molar-refractivity contribution in [1.82, 2.24) is 9.47 Å². The van der Waals surface area contributed by atoms with Gasteiger partial charge in [0.1, 0.15) is 5.60 Å². The summed E-state index contributed by atoms with van der Waals surface area (Å²) in [4.78, 5) is 12.3. The number of rotatable bonds is 0. The molecule has 5 heteroatoms. The molecule has 3 rings (SSSR count). The number of ether oxygens (including phenoxy) is 1. The van der Waals surface area contributed by atoms with E-state index in [0.717, 1.165) is 25.3 Å². The molecule has 1 N–H and O–H groups in total. The first-order chi connectivity index (χ1) is 7.69. The smallest absolute Gasteiger partial charge is 0.407 e. The largest absolute Gasteiger partial charge is 0.470 e. The molecule has 0 bridgehead atoms. The quantitative estimate of drug-likeness (QED) is 0.721. The van der Waals surface area contributed by atoms with Crippen LogP contribution in [0.3, 0.4) is 0 Å². The van der Waals surface area contributed by atoms with E-state index in [2.05, 4.69) is 4.57 Å². The molecular weight excluding hydrogens is 208 g/mol. The summed E-state index contributed by atoms with van der Waals surface area (Å²) in [5.41, 5.74) is -0.164. The molecule has 1 saturated heterocycles. The van der Waals surface area contributed by atoms with Gasteiger partial charge in [0.25, 0.3) is 0 Å². The molecule has 0 atom stereocenters. The number of amides is 1. The Kier molecular flexibility index (Phi) is 1.89. The lowest BCUT2D eigenvalue weighted by molar-refractivity contribution is 0.0203. The van der Waals surface area contributed by atoms with Gasteiger partial charge >= 0.3 is 6.09 Å². The number of nitrogens with zero attached hydrogens (tertiary/aromatic N) is 2. The van der Waals surface area contributed by atoms with Crippen LogP contribution in [0, 0.1) is 0 Å². The summed E-state index contributed by atoms with van der Waals surface area (Å²) in [5, 5.41) is 8.88. The van der Waals surface area contributed by atoms with Crippen LogP contribution in [0.1, 0.15) is 12.8 Å². The molecule has 16 heavy (non-hydrogen) atoms. The number of likely N-dealkylation sites (tertiary alicyclic amines) is 1. The van der Waals surface area contributed by atoms with E-state index in [-0.39, 0.29) is 5.60 Å². The predicted molar refractivity (Wildman–Crippen MR) is 56.6 cm³/mol. The zero-order chi connectivity index (χ0) is 11.2. The van der Waals surface area contributed by atoms with Crippen LogP contribution in [-0.4, -0.2) is 39.4 Å². The molecule has 3 heterocycles. The fourth-order valence-corrected chi connectivity index (χ4v) is 2.55. The third-order valence-corrected chi connectivity index (χ3v) is 3.51. The summed E-state index contributed by atoms with van der Waals surface area (Å²) in [7, 11) is 0. The Morgan fingerprint density at radius 2 is 2.19 bits per heavy atom. The molecule has 86 valence electrons. The number of aromatic nitrogens is 1. The third-order valence-electron chi connectivity index (χ3n) is 3.51. The number of carboxylic acid groups (broad SMARTS) is 1. The van der Waals surface area contributed by atoms with Crippen LogP contribution in [0.25, 0.3) is 0 Å². The molecule has 2 aliphatic rings. The van der Waals surface area contributed by atoms with Gasteiger partial charge in [-0.25, -0.2) is 4.79 Å². The van der Waals surface area contributed by atoms with Gasteiger partial charge in [-0.3, -0.25) is 0 Å². The highest BCUT2D eigenvalue weighted by molar-refractivity contribution is 5.65. The summed E-state index contributed by atoms with van der Waals surface area (Å²) < 4.78 is 8.04. The van der Waals surface area contributed by atoms with Crippen LogP contribution in [0.5, 0.6) is 5.88 Å². The van der Waals surface area contributed by atoms with Gasteiger partial charge < -0.3 is 19.3 Å². The van der Waals surface area contributed by atoms with Gasteiger partial charge in [0.2, 0.25) is 0 Å². The Bertz CT molecular complexity index is 396. The van der Waals surface area contributed by atoms with Gasteiger partial charge in [-0.15, -0.1) is 0 Å². The van der Waals surface area contributed by atoms with Gasteiger partial charge in [0.05, 0.1) is 6.54 Å². The minimum absolute atomic E-state index is 0.164. The molecule has 0 unspecified atom stereocenters. The summed E-state index contributed by atoms with van der Waals surface area (Å²) in [5.74, 6) is 0.906. The van der Waals surface area contributed by atoms with Crippen molar-refractivity contribution in [3.63, 3.8) is 0 Å². The standard InChI is InChI=1S/C11H14N2O3/c14-10(15)12-6-3-11(4-7-12)8-13-5-1-2-9(13)16-11/h1-2,5H,3-4,6-8H2,(H,14,15). The van der Waals surface area contributed by atoms with Crippen LogP contribution in [0.2, 0.25) is 0 Å². The minimum atomic E-state index is -0.826. The Morgan fingerprint density at radius 3 is 2.81 bits per heavy atom. The lowest BCUT2D eigenvalue weighted by Crippen LogP contribution is -2.49. The van der Waals surface area contributed by atoms with Crippen molar-refractivity contribution in [3.05, 3.63) is 18.3 Å². The number of carbonyl (C=O) groups is 1. The van der Waals surface area contributed by atoms with Crippen molar-refractivity contribution < 1.29 is 14.6 Å². The van der Waals surface area contributed by atoms with Crippen molar-refractivity contribution in [2.45, 2.75) is 25.0 Å². The molecule has 0 aliphatic carbocycles. The van der Waals surface area contributed by atoms with Crippen LogP contribution >= 0.6 is 0 Å². The molecule has 2 aliphatic heterocycles. The normalized spacial score (nSPS) is 21.9. The summed E-state index contributed by atoms with van der Waals surface area (Å²) in [6.45, 7) is 1.99. The van der Waals surface area contributed by atoms with Crippen LogP contribution in [0.4, 0.5) is 4.79 Å². The highest BCUT2D eigenvalue weighted by Crippen LogP contribution is 2.36. The van der Waals surface area contributed by atoms with Crippen LogP contribution < -0.4 is 4.74 Å². The highest BCUT2D eigenvalue weighted by atomic mass is 16.5. The van der Waals surface area contributed by atoms with E-state index >= 15 is 0 Å². The maximum absolute atomic E-state index is 10.8. The second-order valence-corrected chi connectivity index (χ2v) is 4.53. The first-order valence-corrected chi connectivity index (χ1v) is 5.51. The lowest BCUT2D eigenvalue weighted by Gasteiger charge is -2.36. The first kappa shape index (κ1) is 9.57. The summed E-state index contributed by atoms with van der Waals surface area (Å²) >= 11 is 0. The van der Waals surface area contributed by atoms with Crippen molar-refractivity contribution in [3.8, 4) is 5.88 Å². The van der Waals surface area contributed by atoms with Gasteiger partial charge in [-0.2, -0.15) is 0 Å². The number of hydrogen-bond donors (Lipinski definition) is 1. The highest BCUT2D eigenvalue weighted by Gasteiger charge is 2.42. The molecule has 0 aromatic carbocycles. The number of piperidine rings is 1. The van der Waals surface area contributed by atoms with E-state index in [9.17, 15) is 4.79 Å². The second-order valence-electron chi connectivity index (χ2n) is 4.53. The summed E-state index contributed by atoms with van der Waals surface area (Å²) in [6.07, 6.45) is 2.74. The fourth-order valence-electron chi connectivity index (χ4n) is 2.55. The van der Waals surface area contributed by atoms with Crippen LogP contribution in [-0.2, 0) is 6.54 Å². The number of hydrogen-bond acceptors (Lipinski definition) is 2. The van der Waals surface area contributed by atoms with Crippen molar-refractivity contribution in [1.29, 1.82) is 0 Å². The zero-order valence-corrected chi connectivity index (χ0v) is 8.93. The Hall–Kier alpha value is -1.65. The van der Waals surface area contributed by atoms with Crippen LogP contribution in [0.15, 0.2) is 18.3 Å². The van der Waals surface area contributed by atoms with E-state index in [1.54, 1.807) is 0 Å². The lowest BCUT2D eigenvalue weighted by atomic mass is 9.91. The molecule has 1 spiro atoms. The molecule has 1 aromatic rings. The van der Waals surface area contributed by atoms with E-state index < -0.39 is 6.09 Å². The monoisotopic (exact) mass is 222 g/mol. The molecule has 0 radical (unpaired) electrons. The SMILES string of the molecule is O=C(O)N1CCC2(CC1)Cn1cccc1O2. The Labute approximate surface area is 93.2 Å². The maximum atomic E-state index is 10.8. The zero-order valence-electron chi connectivity index (χ0n) is 8.93.